The molecule has 0 spiro atoms. The van der Waals surface area contributed by atoms with Gasteiger partial charge in [-0.3, -0.25) is 4.79 Å². The zero-order valence-electron chi connectivity index (χ0n) is 10.6. The van der Waals surface area contributed by atoms with Crippen molar-refractivity contribution in [2.45, 2.75) is 31.8 Å². The van der Waals surface area contributed by atoms with Crippen molar-refractivity contribution in [3.8, 4) is 0 Å². The highest BCUT2D eigenvalue weighted by Gasteiger charge is 2.23. The van der Waals surface area contributed by atoms with E-state index in [1.807, 2.05) is 0 Å². The number of carbonyl (C=O) groups is 1. The van der Waals surface area contributed by atoms with Crippen molar-refractivity contribution in [3.05, 3.63) is 33.3 Å². The zero-order chi connectivity index (χ0) is 13.1. The fourth-order valence-corrected chi connectivity index (χ4v) is 2.76. The molecular formula is C13H17BrCl2N2O. The number of piperidine rings is 1. The summed E-state index contributed by atoms with van der Waals surface area (Å²) in [4.78, 5) is 12.2. The summed E-state index contributed by atoms with van der Waals surface area (Å²) in [5.74, 6) is -0.0788. The van der Waals surface area contributed by atoms with Crippen LogP contribution < -0.4 is 10.6 Å². The molecule has 0 saturated carbocycles. The molecule has 2 unspecified atom stereocenters. The Labute approximate surface area is 133 Å². The van der Waals surface area contributed by atoms with Crippen LogP contribution >= 0.6 is 39.9 Å². The second-order valence-electron chi connectivity index (χ2n) is 4.59. The van der Waals surface area contributed by atoms with E-state index >= 15 is 0 Å². The highest BCUT2D eigenvalue weighted by Crippen LogP contribution is 2.21. The van der Waals surface area contributed by atoms with E-state index in [4.69, 9.17) is 11.6 Å². The van der Waals surface area contributed by atoms with Gasteiger partial charge >= 0.3 is 0 Å². The lowest BCUT2D eigenvalue weighted by molar-refractivity contribution is 0.0919. The van der Waals surface area contributed by atoms with Crippen LogP contribution in [0.2, 0.25) is 5.02 Å². The molecule has 2 N–H and O–H groups in total. The molecule has 1 aliphatic heterocycles. The second kappa shape index (κ2) is 7.48. The van der Waals surface area contributed by atoms with Gasteiger partial charge < -0.3 is 10.6 Å². The fourth-order valence-electron chi connectivity index (χ4n) is 2.16. The van der Waals surface area contributed by atoms with Gasteiger partial charge in [-0.25, -0.2) is 0 Å². The van der Waals surface area contributed by atoms with Gasteiger partial charge in [0.25, 0.3) is 5.91 Å². The van der Waals surface area contributed by atoms with E-state index in [1.165, 1.54) is 0 Å². The minimum atomic E-state index is -0.0788. The molecule has 106 valence electrons. The number of hydrogen-bond donors (Lipinski definition) is 2. The number of rotatable bonds is 2. The number of carbonyl (C=O) groups excluding carboxylic acids is 1. The van der Waals surface area contributed by atoms with E-state index in [0.29, 0.717) is 16.6 Å². The van der Waals surface area contributed by atoms with Gasteiger partial charge in [0.05, 0.1) is 5.56 Å². The van der Waals surface area contributed by atoms with Crippen molar-refractivity contribution < 1.29 is 4.79 Å². The average molecular weight is 368 g/mol. The first-order valence-electron chi connectivity index (χ1n) is 6.07. The van der Waals surface area contributed by atoms with Crippen LogP contribution in [0.4, 0.5) is 0 Å². The molecule has 19 heavy (non-hydrogen) atoms. The first-order chi connectivity index (χ1) is 8.58. The fraction of sp³-hybridized carbons (Fsp3) is 0.462. The Morgan fingerprint density at radius 3 is 2.95 bits per heavy atom. The Kier molecular flexibility index (Phi) is 6.60. The molecule has 1 aromatic rings. The lowest BCUT2D eigenvalue weighted by atomic mass is 9.99. The van der Waals surface area contributed by atoms with Crippen LogP contribution in [-0.2, 0) is 0 Å². The molecule has 0 radical (unpaired) electrons. The Hall–Kier alpha value is -0.290. The monoisotopic (exact) mass is 366 g/mol. The van der Waals surface area contributed by atoms with Gasteiger partial charge in [-0.2, -0.15) is 0 Å². The summed E-state index contributed by atoms with van der Waals surface area (Å²) < 4.78 is 0.765. The van der Waals surface area contributed by atoms with Crippen molar-refractivity contribution >= 4 is 45.8 Å². The Bertz CT molecular complexity index is 456. The van der Waals surface area contributed by atoms with E-state index in [2.05, 4.69) is 33.5 Å². The summed E-state index contributed by atoms with van der Waals surface area (Å²) in [6, 6.07) is 5.72. The van der Waals surface area contributed by atoms with E-state index in [-0.39, 0.29) is 24.4 Å². The topological polar surface area (TPSA) is 41.1 Å². The number of hydrogen-bond acceptors (Lipinski definition) is 2. The maximum Gasteiger partial charge on any atom is 0.252 e. The third kappa shape index (κ3) is 4.35. The van der Waals surface area contributed by atoms with Crippen molar-refractivity contribution in [2.24, 2.45) is 0 Å². The van der Waals surface area contributed by atoms with Crippen LogP contribution in [-0.4, -0.2) is 24.5 Å². The lowest BCUT2D eigenvalue weighted by Gasteiger charge is -2.30. The largest absolute Gasteiger partial charge is 0.348 e. The van der Waals surface area contributed by atoms with Crippen molar-refractivity contribution in [2.75, 3.05) is 6.54 Å². The van der Waals surface area contributed by atoms with Crippen molar-refractivity contribution in [1.82, 2.24) is 10.6 Å². The summed E-state index contributed by atoms with van der Waals surface area (Å²) in [5.41, 5.74) is 0.584. The Balaban J connectivity index is 0.00000180. The predicted octanol–water partition coefficient (Wildman–Crippen LogP) is 3.39. The maximum absolute atomic E-state index is 12.2. The number of nitrogens with one attached hydrogen (secondary N) is 2. The molecule has 2 rings (SSSR count). The molecule has 0 aliphatic carbocycles. The maximum atomic E-state index is 12.2. The van der Waals surface area contributed by atoms with Gasteiger partial charge in [-0.1, -0.05) is 11.6 Å². The molecule has 1 aromatic carbocycles. The summed E-state index contributed by atoms with van der Waals surface area (Å²) >= 11 is 9.30. The molecule has 3 nitrogen and oxygen atoms in total. The minimum absolute atomic E-state index is 0. The van der Waals surface area contributed by atoms with Gasteiger partial charge in [0.2, 0.25) is 0 Å². The van der Waals surface area contributed by atoms with Crippen LogP contribution in [0.1, 0.15) is 30.1 Å². The number of halogens is 3. The van der Waals surface area contributed by atoms with Crippen LogP contribution in [0.3, 0.4) is 0 Å². The van der Waals surface area contributed by atoms with Gasteiger partial charge in [0.1, 0.15) is 0 Å². The van der Waals surface area contributed by atoms with Gasteiger partial charge in [0.15, 0.2) is 0 Å². The van der Waals surface area contributed by atoms with Gasteiger partial charge in [-0.15, -0.1) is 12.4 Å². The van der Waals surface area contributed by atoms with E-state index in [1.54, 1.807) is 18.2 Å². The molecule has 1 aliphatic rings. The van der Waals surface area contributed by atoms with Gasteiger partial charge in [0, 0.05) is 21.6 Å². The summed E-state index contributed by atoms with van der Waals surface area (Å²) in [7, 11) is 0. The molecule has 6 heteroatoms. The molecule has 1 fully saturated rings. The lowest BCUT2D eigenvalue weighted by Crippen LogP contribution is -2.51. The average Bonchev–Trinajstić information content (AvgIpc) is 2.35. The SMILES string of the molecule is CC1NCCCC1NC(=O)c1cc(Cl)ccc1Br.Cl. The van der Waals surface area contributed by atoms with Crippen molar-refractivity contribution in [1.29, 1.82) is 0 Å². The third-order valence-corrected chi connectivity index (χ3v) is 4.18. The first-order valence-corrected chi connectivity index (χ1v) is 7.24. The molecule has 0 aromatic heterocycles. The second-order valence-corrected chi connectivity index (χ2v) is 5.88. The van der Waals surface area contributed by atoms with E-state index < -0.39 is 0 Å². The smallest absolute Gasteiger partial charge is 0.252 e. The Morgan fingerprint density at radius 2 is 2.26 bits per heavy atom. The molecule has 0 bridgehead atoms. The van der Waals surface area contributed by atoms with Gasteiger partial charge in [-0.05, 0) is 60.4 Å². The van der Waals surface area contributed by atoms with Crippen molar-refractivity contribution in [3.63, 3.8) is 0 Å². The molecule has 1 amide bonds. The number of benzene rings is 1. The van der Waals surface area contributed by atoms with E-state index in [9.17, 15) is 4.79 Å². The predicted molar refractivity (Wildman–Crippen MR) is 84.4 cm³/mol. The molecule has 2 atom stereocenters. The first kappa shape index (κ1) is 16.8. The molecule has 1 saturated heterocycles. The summed E-state index contributed by atoms with van der Waals surface area (Å²) in [5, 5.41) is 6.99. The van der Waals surface area contributed by atoms with Crippen LogP contribution in [0.5, 0.6) is 0 Å². The Morgan fingerprint density at radius 1 is 1.53 bits per heavy atom. The quantitative estimate of drug-likeness (QED) is 0.841. The van der Waals surface area contributed by atoms with Crippen LogP contribution in [0.15, 0.2) is 22.7 Å². The van der Waals surface area contributed by atoms with Crippen LogP contribution in [0, 0.1) is 0 Å². The molecule has 1 heterocycles. The highest BCUT2D eigenvalue weighted by atomic mass is 79.9. The normalized spacial score (nSPS) is 22.5. The minimum Gasteiger partial charge on any atom is -0.348 e. The van der Waals surface area contributed by atoms with E-state index in [0.717, 1.165) is 23.9 Å². The summed E-state index contributed by atoms with van der Waals surface area (Å²) in [6.45, 7) is 3.12. The standard InChI is InChI=1S/C13H16BrClN2O.ClH/c1-8-12(3-2-6-16-8)17-13(18)10-7-9(15)4-5-11(10)14;/h4-5,7-8,12,16H,2-3,6H2,1H3,(H,17,18);1H. The highest BCUT2D eigenvalue weighted by molar-refractivity contribution is 9.10. The third-order valence-electron chi connectivity index (χ3n) is 3.25. The number of amides is 1. The molecular weight excluding hydrogens is 351 g/mol. The van der Waals surface area contributed by atoms with Crippen LogP contribution in [0.25, 0.3) is 0 Å². The summed E-state index contributed by atoms with van der Waals surface area (Å²) in [6.07, 6.45) is 2.10. The zero-order valence-corrected chi connectivity index (χ0v) is 13.7.